The summed E-state index contributed by atoms with van der Waals surface area (Å²) in [6.45, 7) is 4.07. The van der Waals surface area contributed by atoms with Crippen molar-refractivity contribution in [2.24, 2.45) is 0 Å². The Hall–Kier alpha value is -2.40. The Bertz CT molecular complexity index is 870. The van der Waals surface area contributed by atoms with Gasteiger partial charge in [0.15, 0.2) is 11.5 Å². The molecule has 0 saturated heterocycles. The molecule has 1 heterocycles. The summed E-state index contributed by atoms with van der Waals surface area (Å²) in [6, 6.07) is 14.7. The lowest BCUT2D eigenvalue weighted by atomic mass is 10.0. The van der Waals surface area contributed by atoms with Crippen molar-refractivity contribution < 1.29 is 14.1 Å². The summed E-state index contributed by atoms with van der Waals surface area (Å²) in [7, 11) is 0. The number of nitrogens with zero attached hydrogens (tertiary/aromatic N) is 1. The number of carbonyl (C=O) groups is 1. The van der Waals surface area contributed by atoms with Crippen LogP contribution in [0.2, 0.25) is 0 Å². The van der Waals surface area contributed by atoms with Crippen molar-refractivity contribution in [2.75, 3.05) is 0 Å². The van der Waals surface area contributed by atoms with E-state index in [2.05, 4.69) is 21.1 Å². The Kier molecular flexibility index (Phi) is 4.30. The standard InChI is InChI=1S/C18H14BrNO3/c1-11-7-8-13(9-12(11)2)17-10-15(20-23-17)18(21)22-16-6-4-3-5-14(16)19/h3-10H,1-2H3. The summed E-state index contributed by atoms with van der Waals surface area (Å²) in [4.78, 5) is 12.2. The van der Waals surface area contributed by atoms with Crippen molar-refractivity contribution in [3.63, 3.8) is 0 Å². The fourth-order valence-corrected chi connectivity index (χ4v) is 2.45. The summed E-state index contributed by atoms with van der Waals surface area (Å²) in [5.41, 5.74) is 3.35. The number of halogens is 1. The number of carbonyl (C=O) groups excluding carboxylic acids is 1. The molecule has 0 unspecified atom stereocenters. The highest BCUT2D eigenvalue weighted by Crippen LogP contribution is 2.26. The van der Waals surface area contributed by atoms with Gasteiger partial charge in [0.25, 0.3) is 0 Å². The average Bonchev–Trinajstić information content (AvgIpc) is 3.02. The summed E-state index contributed by atoms with van der Waals surface area (Å²) in [6.07, 6.45) is 0. The molecule has 0 aliphatic heterocycles. The molecular weight excluding hydrogens is 358 g/mol. The van der Waals surface area contributed by atoms with Crippen molar-refractivity contribution in [2.45, 2.75) is 13.8 Å². The molecule has 3 rings (SSSR count). The number of rotatable bonds is 3. The second-order valence-electron chi connectivity index (χ2n) is 5.20. The van der Waals surface area contributed by atoms with Crippen LogP contribution in [-0.4, -0.2) is 11.1 Å². The van der Waals surface area contributed by atoms with Crippen LogP contribution >= 0.6 is 15.9 Å². The van der Waals surface area contributed by atoms with Crippen LogP contribution in [0.15, 0.2) is 57.5 Å². The second kappa shape index (κ2) is 6.38. The van der Waals surface area contributed by atoms with Gasteiger partial charge in [0.1, 0.15) is 5.75 Å². The normalized spacial score (nSPS) is 10.6. The van der Waals surface area contributed by atoms with Gasteiger partial charge in [-0.05, 0) is 59.1 Å². The first-order chi connectivity index (χ1) is 11.0. The van der Waals surface area contributed by atoms with Crippen molar-refractivity contribution in [3.05, 3.63) is 69.8 Å². The molecule has 0 saturated carbocycles. The lowest BCUT2D eigenvalue weighted by Gasteiger charge is -2.03. The molecule has 0 bridgehead atoms. The number of hydrogen-bond donors (Lipinski definition) is 0. The quantitative estimate of drug-likeness (QED) is 0.483. The van der Waals surface area contributed by atoms with Crippen LogP contribution in [0.4, 0.5) is 0 Å². The number of ether oxygens (including phenoxy) is 1. The van der Waals surface area contributed by atoms with E-state index < -0.39 is 5.97 Å². The highest BCUT2D eigenvalue weighted by atomic mass is 79.9. The molecule has 3 aromatic rings. The third-order valence-electron chi connectivity index (χ3n) is 3.55. The Balaban J connectivity index is 1.82. The minimum absolute atomic E-state index is 0.133. The Labute approximate surface area is 142 Å². The van der Waals surface area contributed by atoms with Crippen LogP contribution in [0.1, 0.15) is 21.6 Å². The molecule has 1 aromatic heterocycles. The van der Waals surface area contributed by atoms with E-state index in [0.717, 1.165) is 11.1 Å². The molecule has 0 N–H and O–H groups in total. The summed E-state index contributed by atoms with van der Waals surface area (Å²) < 4.78 is 11.3. The highest BCUT2D eigenvalue weighted by Gasteiger charge is 2.17. The molecule has 4 nitrogen and oxygen atoms in total. The number of aryl methyl sites for hydroxylation is 2. The van der Waals surface area contributed by atoms with Gasteiger partial charge in [0, 0.05) is 11.6 Å². The van der Waals surface area contributed by atoms with Gasteiger partial charge in [-0.25, -0.2) is 4.79 Å². The van der Waals surface area contributed by atoms with E-state index in [9.17, 15) is 4.79 Å². The molecule has 0 fully saturated rings. The van der Waals surface area contributed by atoms with Gasteiger partial charge in [0.05, 0.1) is 4.47 Å². The van der Waals surface area contributed by atoms with E-state index in [1.807, 2.05) is 38.1 Å². The van der Waals surface area contributed by atoms with E-state index in [1.165, 1.54) is 5.56 Å². The molecule has 0 spiro atoms. The molecule has 0 aliphatic rings. The molecule has 0 atom stereocenters. The second-order valence-corrected chi connectivity index (χ2v) is 6.05. The molecule has 0 amide bonds. The van der Waals surface area contributed by atoms with E-state index in [1.54, 1.807) is 24.3 Å². The molecule has 5 heteroatoms. The highest BCUT2D eigenvalue weighted by molar-refractivity contribution is 9.10. The van der Waals surface area contributed by atoms with Crippen LogP contribution in [0.25, 0.3) is 11.3 Å². The van der Waals surface area contributed by atoms with Gasteiger partial charge >= 0.3 is 5.97 Å². The zero-order valence-electron chi connectivity index (χ0n) is 12.7. The first-order valence-corrected chi connectivity index (χ1v) is 7.85. The maximum absolute atomic E-state index is 12.2. The molecular formula is C18H14BrNO3. The minimum Gasteiger partial charge on any atom is -0.421 e. The fourth-order valence-electron chi connectivity index (χ4n) is 2.08. The number of para-hydroxylation sites is 1. The van der Waals surface area contributed by atoms with Gasteiger partial charge in [0.2, 0.25) is 0 Å². The predicted octanol–water partition coefficient (Wildman–Crippen LogP) is 4.94. The zero-order chi connectivity index (χ0) is 16.4. The van der Waals surface area contributed by atoms with Gasteiger partial charge in [-0.15, -0.1) is 0 Å². The molecule has 2 aromatic carbocycles. The first-order valence-electron chi connectivity index (χ1n) is 7.05. The Morgan fingerprint density at radius 2 is 1.87 bits per heavy atom. The average molecular weight is 372 g/mol. The number of esters is 1. The van der Waals surface area contributed by atoms with Crippen molar-refractivity contribution in [1.29, 1.82) is 0 Å². The minimum atomic E-state index is -0.560. The van der Waals surface area contributed by atoms with E-state index >= 15 is 0 Å². The zero-order valence-corrected chi connectivity index (χ0v) is 14.3. The third kappa shape index (κ3) is 3.35. The van der Waals surface area contributed by atoms with Crippen LogP contribution in [0, 0.1) is 13.8 Å². The van der Waals surface area contributed by atoms with Crippen molar-refractivity contribution in [1.82, 2.24) is 5.16 Å². The number of hydrogen-bond acceptors (Lipinski definition) is 4. The number of benzene rings is 2. The van der Waals surface area contributed by atoms with E-state index in [-0.39, 0.29) is 5.69 Å². The van der Waals surface area contributed by atoms with Crippen LogP contribution < -0.4 is 4.74 Å². The topological polar surface area (TPSA) is 52.3 Å². The Morgan fingerprint density at radius 3 is 2.61 bits per heavy atom. The smallest absolute Gasteiger partial charge is 0.365 e. The lowest BCUT2D eigenvalue weighted by Crippen LogP contribution is -2.08. The Morgan fingerprint density at radius 1 is 1.09 bits per heavy atom. The first kappa shape index (κ1) is 15.5. The van der Waals surface area contributed by atoms with Crippen molar-refractivity contribution in [3.8, 4) is 17.1 Å². The fraction of sp³-hybridized carbons (Fsp3) is 0.111. The van der Waals surface area contributed by atoms with Crippen LogP contribution in [-0.2, 0) is 0 Å². The summed E-state index contributed by atoms with van der Waals surface area (Å²) in [5.74, 6) is 0.413. The maximum atomic E-state index is 12.2. The van der Waals surface area contributed by atoms with Gasteiger partial charge < -0.3 is 9.26 Å². The summed E-state index contributed by atoms with van der Waals surface area (Å²) >= 11 is 3.33. The lowest BCUT2D eigenvalue weighted by molar-refractivity contribution is 0.0723. The number of aromatic nitrogens is 1. The molecule has 116 valence electrons. The SMILES string of the molecule is Cc1ccc(-c2cc(C(=O)Oc3ccccc3Br)no2)cc1C. The van der Waals surface area contributed by atoms with E-state index in [4.69, 9.17) is 9.26 Å². The van der Waals surface area contributed by atoms with Gasteiger partial charge in [-0.3, -0.25) is 0 Å². The maximum Gasteiger partial charge on any atom is 0.365 e. The summed E-state index contributed by atoms with van der Waals surface area (Å²) in [5, 5.41) is 3.81. The van der Waals surface area contributed by atoms with Gasteiger partial charge in [-0.2, -0.15) is 0 Å². The largest absolute Gasteiger partial charge is 0.421 e. The molecule has 0 aliphatic carbocycles. The van der Waals surface area contributed by atoms with Crippen LogP contribution in [0.3, 0.4) is 0 Å². The van der Waals surface area contributed by atoms with Crippen LogP contribution in [0.5, 0.6) is 5.75 Å². The molecule has 23 heavy (non-hydrogen) atoms. The third-order valence-corrected chi connectivity index (χ3v) is 4.21. The van der Waals surface area contributed by atoms with E-state index in [0.29, 0.717) is 16.0 Å². The monoisotopic (exact) mass is 371 g/mol. The predicted molar refractivity (Wildman–Crippen MR) is 90.5 cm³/mol. The van der Waals surface area contributed by atoms with Gasteiger partial charge in [-0.1, -0.05) is 29.4 Å². The molecule has 0 radical (unpaired) electrons. The van der Waals surface area contributed by atoms with Crippen molar-refractivity contribution >= 4 is 21.9 Å².